The summed E-state index contributed by atoms with van der Waals surface area (Å²) in [4.78, 5) is 11.7. The maximum Gasteiger partial charge on any atom is 0.237 e. The number of thioether (sulfide) groups is 1. The fraction of sp³-hybridized carbons (Fsp3) is 0.333. The molecule has 4 nitrogen and oxygen atoms in total. The van der Waals surface area contributed by atoms with Crippen molar-refractivity contribution in [2.75, 3.05) is 17.7 Å². The lowest BCUT2D eigenvalue weighted by molar-refractivity contribution is -0.115. The molecular weight excluding hydrogens is 236 g/mol. The van der Waals surface area contributed by atoms with E-state index >= 15 is 0 Å². The van der Waals surface area contributed by atoms with E-state index in [9.17, 15) is 4.79 Å². The molecule has 0 aliphatic carbocycles. The lowest BCUT2D eigenvalue weighted by Crippen LogP contribution is -2.23. The molecule has 0 aliphatic heterocycles. The molecule has 1 rings (SSSR count). The van der Waals surface area contributed by atoms with E-state index in [1.807, 2.05) is 6.07 Å². The Bertz CT molecular complexity index is 412. The minimum absolute atomic E-state index is 0.0686. The van der Waals surface area contributed by atoms with Gasteiger partial charge < -0.3 is 10.4 Å². The number of carbonyl (C=O) groups excluding carboxylic acids is 1. The van der Waals surface area contributed by atoms with Gasteiger partial charge in [0.1, 0.15) is 0 Å². The van der Waals surface area contributed by atoms with Gasteiger partial charge in [0.25, 0.3) is 0 Å². The van der Waals surface area contributed by atoms with Crippen molar-refractivity contribution in [3.8, 4) is 6.07 Å². The molecule has 0 saturated heterocycles. The van der Waals surface area contributed by atoms with Crippen molar-refractivity contribution >= 4 is 23.4 Å². The van der Waals surface area contributed by atoms with Crippen LogP contribution in [0.4, 0.5) is 5.69 Å². The summed E-state index contributed by atoms with van der Waals surface area (Å²) in [7, 11) is 0. The van der Waals surface area contributed by atoms with E-state index in [2.05, 4.69) is 5.32 Å². The zero-order valence-corrected chi connectivity index (χ0v) is 10.3. The second kappa shape index (κ2) is 6.94. The molecule has 0 spiro atoms. The van der Waals surface area contributed by atoms with Gasteiger partial charge in [-0.15, -0.1) is 11.8 Å². The number of nitrogens with zero attached hydrogens (tertiary/aromatic N) is 1. The number of nitrogens with one attached hydrogen (secondary N) is 1. The highest BCUT2D eigenvalue weighted by molar-refractivity contribution is 8.00. The zero-order chi connectivity index (χ0) is 12.7. The van der Waals surface area contributed by atoms with E-state index in [-0.39, 0.29) is 17.8 Å². The van der Waals surface area contributed by atoms with E-state index in [0.29, 0.717) is 17.0 Å². The van der Waals surface area contributed by atoms with Gasteiger partial charge in [-0.05, 0) is 31.2 Å². The molecule has 0 saturated carbocycles. The third-order valence-electron chi connectivity index (χ3n) is 2.11. The van der Waals surface area contributed by atoms with Crippen LogP contribution in [0.1, 0.15) is 12.5 Å². The minimum Gasteiger partial charge on any atom is -0.396 e. The number of benzene rings is 1. The molecule has 1 amide bonds. The summed E-state index contributed by atoms with van der Waals surface area (Å²) in [6, 6.07) is 8.71. The van der Waals surface area contributed by atoms with E-state index < -0.39 is 0 Å². The van der Waals surface area contributed by atoms with Gasteiger partial charge in [0.05, 0.1) is 23.5 Å². The Labute approximate surface area is 105 Å². The first-order valence-electron chi connectivity index (χ1n) is 5.21. The van der Waals surface area contributed by atoms with Crippen molar-refractivity contribution in [3.63, 3.8) is 0 Å². The van der Waals surface area contributed by atoms with Crippen molar-refractivity contribution in [2.45, 2.75) is 12.2 Å². The summed E-state index contributed by atoms with van der Waals surface area (Å²) < 4.78 is 0. The van der Waals surface area contributed by atoms with Crippen LogP contribution in [0.2, 0.25) is 0 Å². The molecule has 17 heavy (non-hydrogen) atoms. The first-order chi connectivity index (χ1) is 8.17. The van der Waals surface area contributed by atoms with Crippen molar-refractivity contribution in [3.05, 3.63) is 29.8 Å². The standard InChI is InChI=1S/C12H14N2O2S/c1-9(17-7-6-15)12(16)14-11-4-2-10(8-13)3-5-11/h2-5,9,15H,6-7H2,1H3,(H,14,16). The number of rotatable bonds is 5. The molecule has 0 heterocycles. The van der Waals surface area contributed by atoms with E-state index in [1.54, 1.807) is 31.2 Å². The van der Waals surface area contributed by atoms with Gasteiger partial charge in [0, 0.05) is 11.4 Å². The molecule has 0 radical (unpaired) electrons. The van der Waals surface area contributed by atoms with Gasteiger partial charge in [-0.1, -0.05) is 0 Å². The van der Waals surface area contributed by atoms with Crippen LogP contribution >= 0.6 is 11.8 Å². The zero-order valence-electron chi connectivity index (χ0n) is 9.51. The van der Waals surface area contributed by atoms with Crippen LogP contribution in [0.15, 0.2) is 24.3 Å². The van der Waals surface area contributed by atoms with Crippen molar-refractivity contribution in [1.82, 2.24) is 0 Å². The monoisotopic (exact) mass is 250 g/mol. The summed E-state index contributed by atoms with van der Waals surface area (Å²) in [6.45, 7) is 1.86. The molecule has 1 unspecified atom stereocenters. The van der Waals surface area contributed by atoms with Gasteiger partial charge in [-0.3, -0.25) is 4.79 Å². The smallest absolute Gasteiger partial charge is 0.237 e. The third kappa shape index (κ3) is 4.47. The molecule has 90 valence electrons. The molecule has 1 aromatic rings. The second-order valence-corrected chi connectivity index (χ2v) is 4.86. The van der Waals surface area contributed by atoms with Crippen LogP contribution in [-0.2, 0) is 4.79 Å². The minimum atomic E-state index is -0.210. The predicted molar refractivity (Wildman–Crippen MR) is 68.8 cm³/mol. The largest absolute Gasteiger partial charge is 0.396 e. The number of anilines is 1. The lowest BCUT2D eigenvalue weighted by atomic mass is 10.2. The van der Waals surface area contributed by atoms with Crippen molar-refractivity contribution in [2.24, 2.45) is 0 Å². The topological polar surface area (TPSA) is 73.1 Å². The maximum absolute atomic E-state index is 11.7. The van der Waals surface area contributed by atoms with Crippen LogP contribution < -0.4 is 5.32 Å². The fourth-order valence-electron chi connectivity index (χ4n) is 1.18. The average Bonchev–Trinajstić information content (AvgIpc) is 2.36. The van der Waals surface area contributed by atoms with E-state index in [1.165, 1.54) is 11.8 Å². The van der Waals surface area contributed by atoms with Gasteiger partial charge in [0.2, 0.25) is 5.91 Å². The number of hydrogen-bond donors (Lipinski definition) is 2. The van der Waals surface area contributed by atoms with Gasteiger partial charge in [-0.2, -0.15) is 5.26 Å². The summed E-state index contributed by atoms with van der Waals surface area (Å²) in [6.07, 6.45) is 0. The molecule has 0 aliphatic rings. The van der Waals surface area contributed by atoms with E-state index in [4.69, 9.17) is 10.4 Å². The van der Waals surface area contributed by atoms with Crippen molar-refractivity contribution < 1.29 is 9.90 Å². The molecular formula is C12H14N2O2S. The first kappa shape index (κ1) is 13.6. The summed E-state index contributed by atoms with van der Waals surface area (Å²) in [5, 5.41) is 19.8. The Morgan fingerprint density at radius 3 is 2.71 bits per heavy atom. The molecule has 0 aromatic heterocycles. The molecule has 2 N–H and O–H groups in total. The van der Waals surface area contributed by atoms with Gasteiger partial charge >= 0.3 is 0 Å². The fourth-order valence-corrected chi connectivity index (χ4v) is 1.85. The highest BCUT2D eigenvalue weighted by Crippen LogP contribution is 2.14. The Kier molecular flexibility index (Phi) is 5.53. The predicted octanol–water partition coefficient (Wildman–Crippen LogP) is 1.61. The quantitative estimate of drug-likeness (QED) is 0.832. The van der Waals surface area contributed by atoms with Crippen LogP contribution in [0.5, 0.6) is 0 Å². The molecule has 0 fully saturated rings. The molecule has 1 aromatic carbocycles. The number of nitriles is 1. The summed E-state index contributed by atoms with van der Waals surface area (Å²) in [5.41, 5.74) is 1.23. The highest BCUT2D eigenvalue weighted by Gasteiger charge is 2.12. The first-order valence-corrected chi connectivity index (χ1v) is 6.25. The van der Waals surface area contributed by atoms with E-state index in [0.717, 1.165) is 0 Å². The molecule has 1 atom stereocenters. The Balaban J connectivity index is 2.52. The Morgan fingerprint density at radius 2 is 2.18 bits per heavy atom. The van der Waals surface area contributed by atoms with Crippen LogP contribution in [-0.4, -0.2) is 28.6 Å². The lowest BCUT2D eigenvalue weighted by Gasteiger charge is -2.11. The van der Waals surface area contributed by atoms with Crippen LogP contribution in [0.25, 0.3) is 0 Å². The number of carbonyl (C=O) groups is 1. The van der Waals surface area contributed by atoms with Crippen molar-refractivity contribution in [1.29, 1.82) is 5.26 Å². The number of amides is 1. The van der Waals surface area contributed by atoms with Gasteiger partial charge in [0.15, 0.2) is 0 Å². The SMILES string of the molecule is CC(SCCO)C(=O)Nc1ccc(C#N)cc1. The van der Waals surface area contributed by atoms with Gasteiger partial charge in [-0.25, -0.2) is 0 Å². The van der Waals surface area contributed by atoms with Crippen LogP contribution in [0.3, 0.4) is 0 Å². The second-order valence-electron chi connectivity index (χ2n) is 3.42. The Morgan fingerprint density at radius 1 is 1.53 bits per heavy atom. The summed E-state index contributed by atoms with van der Waals surface area (Å²) >= 11 is 1.40. The van der Waals surface area contributed by atoms with Crippen LogP contribution in [0, 0.1) is 11.3 Å². The molecule has 0 bridgehead atoms. The molecule has 5 heteroatoms. The number of hydrogen-bond acceptors (Lipinski definition) is 4. The highest BCUT2D eigenvalue weighted by atomic mass is 32.2. The maximum atomic E-state index is 11.7. The number of aliphatic hydroxyl groups excluding tert-OH is 1. The normalized spacial score (nSPS) is 11.6. The number of aliphatic hydroxyl groups is 1. The third-order valence-corrected chi connectivity index (χ3v) is 3.24. The summed E-state index contributed by atoms with van der Waals surface area (Å²) in [5.74, 6) is 0.440. The average molecular weight is 250 g/mol. The Hall–Kier alpha value is -1.51.